The van der Waals surface area contributed by atoms with Crippen LogP contribution in [-0.2, 0) is 16.1 Å². The molecule has 22 heavy (non-hydrogen) atoms. The van der Waals surface area contributed by atoms with Crippen LogP contribution < -0.4 is 10.1 Å². The third-order valence-corrected chi connectivity index (χ3v) is 3.48. The molecule has 0 spiro atoms. The van der Waals surface area contributed by atoms with Gasteiger partial charge in [0.05, 0.1) is 7.11 Å². The highest BCUT2D eigenvalue weighted by atomic mass is 32.1. The van der Waals surface area contributed by atoms with Gasteiger partial charge < -0.3 is 9.47 Å². The first-order valence-electron chi connectivity index (χ1n) is 6.74. The lowest BCUT2D eigenvalue weighted by Gasteiger charge is -1.99. The molecule has 0 saturated carbocycles. The van der Waals surface area contributed by atoms with Crippen LogP contribution in [0.5, 0.6) is 5.75 Å². The number of ether oxygens (including phenoxy) is 2. The van der Waals surface area contributed by atoms with E-state index in [1.807, 2.05) is 31.2 Å². The largest absolute Gasteiger partial charge is 0.497 e. The van der Waals surface area contributed by atoms with E-state index in [1.54, 1.807) is 13.2 Å². The minimum Gasteiger partial charge on any atom is -0.497 e. The maximum absolute atomic E-state index is 11.8. The van der Waals surface area contributed by atoms with Crippen molar-refractivity contribution < 1.29 is 14.3 Å². The summed E-state index contributed by atoms with van der Waals surface area (Å²) >= 11 is 1.30. The van der Waals surface area contributed by atoms with Gasteiger partial charge in [-0.05, 0) is 30.7 Å². The van der Waals surface area contributed by atoms with Crippen molar-refractivity contribution in [3.8, 4) is 5.75 Å². The minimum absolute atomic E-state index is 0.255. The molecule has 2 rings (SSSR count). The van der Waals surface area contributed by atoms with Crippen LogP contribution in [0.1, 0.15) is 17.5 Å². The number of methoxy groups -OCH3 is 1. The summed E-state index contributed by atoms with van der Waals surface area (Å²) in [7, 11) is 1.61. The van der Waals surface area contributed by atoms with E-state index >= 15 is 0 Å². The van der Waals surface area contributed by atoms with E-state index in [-0.39, 0.29) is 5.91 Å². The first-order valence-corrected chi connectivity index (χ1v) is 7.56. The maximum Gasteiger partial charge on any atom is 0.250 e. The van der Waals surface area contributed by atoms with Gasteiger partial charge in [0.1, 0.15) is 17.4 Å². The molecule has 0 fully saturated rings. The van der Waals surface area contributed by atoms with Crippen LogP contribution in [0.25, 0.3) is 6.08 Å². The molecule has 0 saturated heterocycles. The summed E-state index contributed by atoms with van der Waals surface area (Å²) in [5, 5.41) is 11.7. The summed E-state index contributed by atoms with van der Waals surface area (Å²) in [4.78, 5) is 11.8. The van der Waals surface area contributed by atoms with Gasteiger partial charge in [0.25, 0.3) is 0 Å². The summed E-state index contributed by atoms with van der Waals surface area (Å²) in [5.41, 5.74) is 0.908. The Labute approximate surface area is 132 Å². The summed E-state index contributed by atoms with van der Waals surface area (Å²) < 4.78 is 10.3. The van der Waals surface area contributed by atoms with E-state index in [9.17, 15) is 4.79 Å². The highest BCUT2D eigenvalue weighted by molar-refractivity contribution is 7.15. The molecular formula is C15H17N3O3S. The van der Waals surface area contributed by atoms with Crippen molar-refractivity contribution >= 4 is 28.5 Å². The van der Waals surface area contributed by atoms with E-state index in [0.29, 0.717) is 18.3 Å². The highest BCUT2D eigenvalue weighted by Gasteiger charge is 2.06. The quantitative estimate of drug-likeness (QED) is 0.794. The van der Waals surface area contributed by atoms with Crippen molar-refractivity contribution in [2.75, 3.05) is 19.0 Å². The summed E-state index contributed by atoms with van der Waals surface area (Å²) in [6.45, 7) is 2.94. The van der Waals surface area contributed by atoms with Crippen molar-refractivity contribution in [3.63, 3.8) is 0 Å². The molecule has 0 unspecified atom stereocenters. The Morgan fingerprint density at radius 3 is 2.77 bits per heavy atom. The SMILES string of the molecule is CCOCc1nnc(NC(=O)C=Cc2ccc(OC)cc2)s1. The fourth-order valence-electron chi connectivity index (χ4n) is 1.59. The predicted molar refractivity (Wildman–Crippen MR) is 85.9 cm³/mol. The Morgan fingerprint density at radius 1 is 1.32 bits per heavy atom. The van der Waals surface area contributed by atoms with Crippen LogP contribution in [0.4, 0.5) is 5.13 Å². The predicted octanol–water partition coefficient (Wildman–Crippen LogP) is 2.74. The number of amides is 1. The lowest BCUT2D eigenvalue weighted by Crippen LogP contribution is -2.07. The second-order valence-corrected chi connectivity index (χ2v) is 5.30. The topological polar surface area (TPSA) is 73.3 Å². The number of hydrogen-bond donors (Lipinski definition) is 1. The molecule has 0 radical (unpaired) electrons. The van der Waals surface area contributed by atoms with Crippen molar-refractivity contribution in [1.82, 2.24) is 10.2 Å². The van der Waals surface area contributed by atoms with Crippen molar-refractivity contribution in [2.45, 2.75) is 13.5 Å². The Morgan fingerprint density at radius 2 is 2.09 bits per heavy atom. The molecule has 2 aromatic rings. The van der Waals surface area contributed by atoms with Crippen LogP contribution in [0.2, 0.25) is 0 Å². The first-order chi connectivity index (χ1) is 10.7. The van der Waals surface area contributed by atoms with E-state index in [0.717, 1.165) is 16.3 Å². The zero-order chi connectivity index (χ0) is 15.8. The Balaban J connectivity index is 1.88. The molecule has 1 aromatic heterocycles. The van der Waals surface area contributed by atoms with Crippen LogP contribution >= 0.6 is 11.3 Å². The monoisotopic (exact) mass is 319 g/mol. The number of nitrogens with zero attached hydrogens (tertiary/aromatic N) is 2. The van der Waals surface area contributed by atoms with Gasteiger partial charge in [0, 0.05) is 12.7 Å². The molecule has 1 aromatic carbocycles. The van der Waals surface area contributed by atoms with Crippen LogP contribution in [0.3, 0.4) is 0 Å². The van der Waals surface area contributed by atoms with E-state index in [4.69, 9.17) is 9.47 Å². The standard InChI is InChI=1S/C15H17N3O3S/c1-3-21-10-14-17-18-15(22-14)16-13(19)9-6-11-4-7-12(20-2)8-5-11/h4-9H,3,10H2,1-2H3,(H,16,18,19). The normalized spacial score (nSPS) is 10.8. The van der Waals surface area contributed by atoms with Gasteiger partial charge in [-0.15, -0.1) is 10.2 Å². The molecule has 0 aliphatic heterocycles. The number of carbonyl (C=O) groups excluding carboxylic acids is 1. The summed E-state index contributed by atoms with van der Waals surface area (Å²) in [6, 6.07) is 7.41. The smallest absolute Gasteiger partial charge is 0.250 e. The molecule has 1 N–H and O–H groups in total. The Hall–Kier alpha value is -2.25. The second kappa shape index (κ2) is 8.26. The third kappa shape index (κ3) is 4.94. The third-order valence-electron chi connectivity index (χ3n) is 2.67. The second-order valence-electron chi connectivity index (χ2n) is 4.23. The van der Waals surface area contributed by atoms with Gasteiger partial charge in [-0.2, -0.15) is 0 Å². The average molecular weight is 319 g/mol. The van der Waals surface area contributed by atoms with Gasteiger partial charge in [-0.1, -0.05) is 23.5 Å². The van der Waals surface area contributed by atoms with Gasteiger partial charge in [0.15, 0.2) is 0 Å². The Kier molecular flexibility index (Phi) is 6.05. The maximum atomic E-state index is 11.8. The van der Waals surface area contributed by atoms with E-state index < -0.39 is 0 Å². The summed E-state index contributed by atoms with van der Waals surface area (Å²) in [5.74, 6) is 0.521. The fraction of sp³-hybridized carbons (Fsp3) is 0.267. The van der Waals surface area contributed by atoms with Gasteiger partial charge in [-0.3, -0.25) is 10.1 Å². The number of anilines is 1. The fourth-order valence-corrected chi connectivity index (χ4v) is 2.27. The summed E-state index contributed by atoms with van der Waals surface area (Å²) in [6.07, 6.45) is 3.17. The number of carbonyl (C=O) groups is 1. The first kappa shape index (κ1) is 16.1. The van der Waals surface area contributed by atoms with E-state index in [2.05, 4.69) is 15.5 Å². The number of nitrogens with one attached hydrogen (secondary N) is 1. The molecule has 0 atom stereocenters. The molecule has 0 aliphatic rings. The number of aromatic nitrogens is 2. The Bertz CT molecular complexity index is 638. The zero-order valence-corrected chi connectivity index (χ0v) is 13.2. The molecule has 116 valence electrons. The van der Waals surface area contributed by atoms with Gasteiger partial charge in [0.2, 0.25) is 11.0 Å². The van der Waals surface area contributed by atoms with Crippen LogP contribution in [0, 0.1) is 0 Å². The average Bonchev–Trinajstić information content (AvgIpc) is 2.98. The van der Waals surface area contributed by atoms with Crippen molar-refractivity contribution in [2.24, 2.45) is 0 Å². The van der Waals surface area contributed by atoms with E-state index in [1.165, 1.54) is 17.4 Å². The van der Waals surface area contributed by atoms with Crippen LogP contribution in [0.15, 0.2) is 30.3 Å². The van der Waals surface area contributed by atoms with Crippen LogP contribution in [-0.4, -0.2) is 29.8 Å². The molecular weight excluding hydrogens is 302 g/mol. The molecule has 1 heterocycles. The van der Waals surface area contributed by atoms with Crippen molar-refractivity contribution in [1.29, 1.82) is 0 Å². The number of hydrogen-bond acceptors (Lipinski definition) is 6. The lowest BCUT2D eigenvalue weighted by molar-refractivity contribution is -0.111. The van der Waals surface area contributed by atoms with Gasteiger partial charge >= 0.3 is 0 Å². The molecule has 6 nitrogen and oxygen atoms in total. The van der Waals surface area contributed by atoms with Gasteiger partial charge in [-0.25, -0.2) is 0 Å². The molecule has 7 heteroatoms. The molecule has 0 aliphatic carbocycles. The molecule has 0 bridgehead atoms. The zero-order valence-electron chi connectivity index (χ0n) is 12.4. The highest BCUT2D eigenvalue weighted by Crippen LogP contribution is 2.16. The number of benzene rings is 1. The molecule has 1 amide bonds. The number of rotatable bonds is 7. The minimum atomic E-state index is -0.255. The van der Waals surface area contributed by atoms with Crippen molar-refractivity contribution in [3.05, 3.63) is 40.9 Å². The lowest BCUT2D eigenvalue weighted by atomic mass is 10.2.